The number of hydrogen-bond acceptors (Lipinski definition) is 6. The van der Waals surface area contributed by atoms with Crippen LogP contribution in [0.25, 0.3) is 22.1 Å². The molecule has 150 valence electrons. The first kappa shape index (κ1) is 17.3. The van der Waals surface area contributed by atoms with Crippen LogP contribution in [0.2, 0.25) is 0 Å². The van der Waals surface area contributed by atoms with Gasteiger partial charge in [-0.25, -0.2) is 19.9 Å². The van der Waals surface area contributed by atoms with Crippen LogP contribution in [-0.2, 0) is 0 Å². The van der Waals surface area contributed by atoms with Crippen LogP contribution in [0.4, 0.5) is 5.82 Å². The Morgan fingerprint density at radius 1 is 1.07 bits per heavy atom. The van der Waals surface area contributed by atoms with Gasteiger partial charge in [-0.15, -0.1) is 0 Å². The summed E-state index contributed by atoms with van der Waals surface area (Å²) in [5.74, 6) is 0.915. The Morgan fingerprint density at radius 2 is 1.87 bits per heavy atom. The molecule has 4 aromatic rings. The summed E-state index contributed by atoms with van der Waals surface area (Å²) in [5.41, 5.74) is 3.40. The van der Waals surface area contributed by atoms with Crippen molar-refractivity contribution in [1.29, 1.82) is 0 Å². The number of anilines is 1. The predicted molar refractivity (Wildman–Crippen MR) is 113 cm³/mol. The summed E-state index contributed by atoms with van der Waals surface area (Å²) in [4.78, 5) is 39.1. The van der Waals surface area contributed by atoms with Crippen molar-refractivity contribution >= 4 is 33.8 Å². The van der Waals surface area contributed by atoms with Crippen molar-refractivity contribution in [2.75, 3.05) is 24.5 Å². The average Bonchev–Trinajstić information content (AvgIpc) is 3.34. The number of aromatic amines is 1. The van der Waals surface area contributed by atoms with Gasteiger partial charge in [0.1, 0.15) is 23.5 Å². The second-order valence-corrected chi connectivity index (χ2v) is 8.19. The average molecular weight is 399 g/mol. The van der Waals surface area contributed by atoms with Crippen LogP contribution in [0.15, 0.2) is 42.9 Å². The number of H-pyrrole nitrogens is 1. The quantitative estimate of drug-likeness (QED) is 0.557. The summed E-state index contributed by atoms with van der Waals surface area (Å²) in [6.07, 6.45) is 5.48. The third-order valence-corrected chi connectivity index (χ3v) is 6.30. The minimum Gasteiger partial charge on any atom is -0.352 e. The van der Waals surface area contributed by atoms with Gasteiger partial charge in [-0.05, 0) is 38.0 Å². The van der Waals surface area contributed by atoms with Gasteiger partial charge in [0.2, 0.25) is 0 Å². The van der Waals surface area contributed by atoms with E-state index < -0.39 is 0 Å². The zero-order valence-corrected chi connectivity index (χ0v) is 16.7. The maximum absolute atomic E-state index is 13.5. The van der Waals surface area contributed by atoms with Crippen molar-refractivity contribution in [3.05, 3.63) is 54.2 Å². The van der Waals surface area contributed by atoms with Gasteiger partial charge in [-0.3, -0.25) is 4.79 Å². The number of aryl methyl sites for hydroxylation is 1. The smallest absolute Gasteiger partial charge is 0.274 e. The number of amides is 1. The molecule has 0 unspecified atom stereocenters. The number of fused-ring (bicyclic) bond motifs is 2. The first-order valence-corrected chi connectivity index (χ1v) is 10.2. The third kappa shape index (κ3) is 2.56. The molecule has 2 aliphatic rings. The highest BCUT2D eigenvalue weighted by Gasteiger charge is 2.54. The SMILES string of the molecule is Cc1nc2ccccc2nc1C(=O)N1CCN(c2ncnc3[nH]ccc23)CC12CC2. The Kier molecular flexibility index (Phi) is 3.59. The molecule has 0 atom stereocenters. The Hall–Kier alpha value is -3.55. The topological polar surface area (TPSA) is 90.9 Å². The Morgan fingerprint density at radius 3 is 2.67 bits per heavy atom. The van der Waals surface area contributed by atoms with Gasteiger partial charge < -0.3 is 14.8 Å². The molecule has 8 heteroatoms. The predicted octanol–water partition coefficient (Wildman–Crippen LogP) is 2.70. The number of rotatable bonds is 2. The molecule has 1 N–H and O–H groups in total. The fourth-order valence-corrected chi connectivity index (χ4v) is 4.58. The lowest BCUT2D eigenvalue weighted by Crippen LogP contribution is -2.57. The van der Waals surface area contributed by atoms with Crippen molar-refractivity contribution in [1.82, 2.24) is 29.8 Å². The van der Waals surface area contributed by atoms with Gasteiger partial charge in [0.15, 0.2) is 0 Å². The highest BCUT2D eigenvalue weighted by molar-refractivity contribution is 5.96. The summed E-state index contributed by atoms with van der Waals surface area (Å²) in [7, 11) is 0. The molecule has 1 saturated heterocycles. The normalized spacial score (nSPS) is 17.8. The molecule has 1 saturated carbocycles. The van der Waals surface area contributed by atoms with Crippen molar-refractivity contribution in [3.63, 3.8) is 0 Å². The molecule has 1 aliphatic carbocycles. The fraction of sp³-hybridized carbons (Fsp3) is 0.318. The second-order valence-electron chi connectivity index (χ2n) is 8.19. The summed E-state index contributed by atoms with van der Waals surface area (Å²) in [5, 5.41) is 1.02. The molecular formula is C22H21N7O. The Bertz CT molecular complexity index is 1290. The van der Waals surface area contributed by atoms with Crippen LogP contribution < -0.4 is 4.90 Å². The molecule has 4 heterocycles. The van der Waals surface area contributed by atoms with Gasteiger partial charge in [0.25, 0.3) is 5.91 Å². The van der Waals surface area contributed by atoms with E-state index in [9.17, 15) is 4.79 Å². The van der Waals surface area contributed by atoms with E-state index in [1.807, 2.05) is 48.4 Å². The number of carbonyl (C=O) groups is 1. The largest absolute Gasteiger partial charge is 0.352 e. The summed E-state index contributed by atoms with van der Waals surface area (Å²) >= 11 is 0. The zero-order chi connectivity index (χ0) is 20.3. The fourth-order valence-electron chi connectivity index (χ4n) is 4.58. The van der Waals surface area contributed by atoms with Crippen molar-refractivity contribution in [3.8, 4) is 0 Å². The van der Waals surface area contributed by atoms with Crippen LogP contribution in [0, 0.1) is 6.92 Å². The number of para-hydroxylation sites is 2. The van der Waals surface area contributed by atoms with Gasteiger partial charge in [0, 0.05) is 25.8 Å². The maximum atomic E-state index is 13.5. The number of piperazine rings is 1. The van der Waals surface area contributed by atoms with E-state index in [0.717, 1.165) is 53.8 Å². The molecule has 2 fully saturated rings. The van der Waals surface area contributed by atoms with Crippen molar-refractivity contribution < 1.29 is 4.79 Å². The van der Waals surface area contributed by atoms with Crippen LogP contribution in [0.5, 0.6) is 0 Å². The highest BCUT2D eigenvalue weighted by Crippen LogP contribution is 2.46. The molecule has 1 aliphatic heterocycles. The van der Waals surface area contributed by atoms with E-state index in [4.69, 9.17) is 0 Å². The van der Waals surface area contributed by atoms with Crippen LogP contribution in [0.3, 0.4) is 0 Å². The summed E-state index contributed by atoms with van der Waals surface area (Å²) in [6.45, 7) is 4.01. The molecule has 0 bridgehead atoms. The lowest BCUT2D eigenvalue weighted by atomic mass is 10.1. The molecule has 1 aromatic carbocycles. The van der Waals surface area contributed by atoms with E-state index in [1.54, 1.807) is 6.33 Å². The number of carbonyl (C=O) groups excluding carboxylic acids is 1. The van der Waals surface area contributed by atoms with E-state index >= 15 is 0 Å². The van der Waals surface area contributed by atoms with Gasteiger partial charge >= 0.3 is 0 Å². The lowest BCUT2D eigenvalue weighted by Gasteiger charge is -2.42. The van der Waals surface area contributed by atoms with Gasteiger partial charge in [0.05, 0.1) is 27.7 Å². The molecule has 0 radical (unpaired) electrons. The van der Waals surface area contributed by atoms with Crippen LogP contribution in [-0.4, -0.2) is 60.9 Å². The molecular weight excluding hydrogens is 378 g/mol. The van der Waals surface area contributed by atoms with E-state index in [1.165, 1.54) is 0 Å². The first-order valence-electron chi connectivity index (χ1n) is 10.2. The number of nitrogens with one attached hydrogen (secondary N) is 1. The maximum Gasteiger partial charge on any atom is 0.274 e. The van der Waals surface area contributed by atoms with E-state index in [0.29, 0.717) is 17.9 Å². The second kappa shape index (κ2) is 6.22. The Labute approximate surface area is 173 Å². The van der Waals surface area contributed by atoms with Gasteiger partial charge in [-0.2, -0.15) is 0 Å². The molecule has 3 aromatic heterocycles. The minimum atomic E-state index is -0.150. The van der Waals surface area contributed by atoms with E-state index in [2.05, 4.69) is 29.8 Å². The van der Waals surface area contributed by atoms with E-state index in [-0.39, 0.29) is 11.4 Å². The zero-order valence-electron chi connectivity index (χ0n) is 16.7. The standard InChI is InChI=1S/C22H21N7O/c1-14-18(27-17-5-3-2-4-16(17)26-14)21(30)29-11-10-28(12-22(29)7-8-22)20-15-6-9-23-19(15)24-13-25-20/h2-6,9,13H,7-8,10-12H2,1H3,(H,23,24,25). The lowest BCUT2D eigenvalue weighted by molar-refractivity contribution is 0.0617. The molecule has 1 amide bonds. The highest BCUT2D eigenvalue weighted by atomic mass is 16.2. The van der Waals surface area contributed by atoms with Crippen LogP contribution >= 0.6 is 0 Å². The molecule has 6 rings (SSSR count). The number of hydrogen-bond donors (Lipinski definition) is 1. The van der Waals surface area contributed by atoms with Crippen molar-refractivity contribution in [2.45, 2.75) is 25.3 Å². The first-order chi connectivity index (χ1) is 14.6. The van der Waals surface area contributed by atoms with Crippen LogP contribution in [0.1, 0.15) is 29.0 Å². The Balaban J connectivity index is 1.32. The summed E-state index contributed by atoms with van der Waals surface area (Å²) in [6, 6.07) is 9.70. The number of nitrogens with zero attached hydrogens (tertiary/aromatic N) is 6. The van der Waals surface area contributed by atoms with Crippen molar-refractivity contribution in [2.24, 2.45) is 0 Å². The molecule has 8 nitrogen and oxygen atoms in total. The monoisotopic (exact) mass is 399 g/mol. The summed E-state index contributed by atoms with van der Waals surface area (Å²) < 4.78 is 0. The third-order valence-electron chi connectivity index (χ3n) is 6.30. The number of aromatic nitrogens is 5. The molecule has 30 heavy (non-hydrogen) atoms. The number of benzene rings is 1. The minimum absolute atomic E-state index is 0.0163. The van der Waals surface area contributed by atoms with Gasteiger partial charge in [-0.1, -0.05) is 12.1 Å². The molecule has 1 spiro atoms.